The van der Waals surface area contributed by atoms with Crippen molar-refractivity contribution in [3.8, 4) is 0 Å². The molecule has 0 bridgehead atoms. The minimum atomic E-state index is 0.487. The predicted octanol–water partition coefficient (Wildman–Crippen LogP) is 3.09. The Bertz CT molecular complexity index is 302. The van der Waals surface area contributed by atoms with E-state index in [-0.39, 0.29) is 0 Å². The minimum Gasteiger partial charge on any atom is -0.310 e. The van der Waals surface area contributed by atoms with Crippen LogP contribution in [0.1, 0.15) is 57.8 Å². The van der Waals surface area contributed by atoms with Crippen LogP contribution in [0.3, 0.4) is 0 Å². The molecule has 102 valence electrons. The second-order valence-corrected chi connectivity index (χ2v) is 6.55. The number of hydrogen-bond donors (Lipinski definition) is 1. The average Bonchev–Trinajstić information content (AvgIpc) is 2.99. The van der Waals surface area contributed by atoms with Crippen LogP contribution in [0.5, 0.6) is 0 Å². The van der Waals surface area contributed by atoms with Crippen molar-refractivity contribution in [2.45, 2.75) is 63.3 Å². The molecule has 1 heterocycles. The zero-order valence-electron chi connectivity index (χ0n) is 11.7. The van der Waals surface area contributed by atoms with Crippen LogP contribution in [0.15, 0.2) is 11.6 Å². The number of nitrogens with one attached hydrogen (secondary N) is 1. The molecule has 3 aliphatic rings. The van der Waals surface area contributed by atoms with Gasteiger partial charge in [0.1, 0.15) is 0 Å². The van der Waals surface area contributed by atoms with Gasteiger partial charge in [0.05, 0.1) is 0 Å². The lowest BCUT2D eigenvalue weighted by Gasteiger charge is -2.33. The largest absolute Gasteiger partial charge is 0.310 e. The molecule has 0 radical (unpaired) electrons. The summed E-state index contributed by atoms with van der Waals surface area (Å²) in [5.41, 5.74) is 2.22. The van der Waals surface area contributed by atoms with Crippen molar-refractivity contribution in [1.29, 1.82) is 0 Å². The third-order valence-corrected chi connectivity index (χ3v) is 5.12. The Hall–Kier alpha value is -0.340. The lowest BCUT2D eigenvalue weighted by atomic mass is 9.97. The van der Waals surface area contributed by atoms with Crippen molar-refractivity contribution in [2.24, 2.45) is 0 Å². The first-order chi connectivity index (χ1) is 8.86. The Kier molecular flexibility index (Phi) is 4.05. The van der Waals surface area contributed by atoms with Crippen molar-refractivity contribution >= 4 is 0 Å². The molecule has 2 heteroatoms. The molecule has 18 heavy (non-hydrogen) atoms. The van der Waals surface area contributed by atoms with Crippen LogP contribution >= 0.6 is 0 Å². The van der Waals surface area contributed by atoms with Crippen LogP contribution in [0.2, 0.25) is 0 Å². The summed E-state index contributed by atoms with van der Waals surface area (Å²) in [7, 11) is 0. The van der Waals surface area contributed by atoms with Gasteiger partial charge in [-0.15, -0.1) is 0 Å². The minimum absolute atomic E-state index is 0.487. The maximum atomic E-state index is 3.86. The zero-order chi connectivity index (χ0) is 12.3. The summed E-state index contributed by atoms with van der Waals surface area (Å²) in [5.74, 6) is 0. The molecule has 2 aliphatic carbocycles. The number of allylic oxidation sites excluding steroid dienone is 1. The fraction of sp³-hybridized carbons (Fsp3) is 0.875. The molecule has 3 rings (SSSR count). The highest BCUT2D eigenvalue weighted by Gasteiger charge is 2.36. The van der Waals surface area contributed by atoms with Gasteiger partial charge in [-0.3, -0.25) is 0 Å². The van der Waals surface area contributed by atoms with Gasteiger partial charge in [0, 0.05) is 18.6 Å². The molecular weight excluding hydrogens is 220 g/mol. The monoisotopic (exact) mass is 248 g/mol. The summed E-state index contributed by atoms with van der Waals surface area (Å²) in [5, 5.41) is 3.86. The quantitative estimate of drug-likeness (QED) is 0.772. The van der Waals surface area contributed by atoms with Crippen LogP contribution < -0.4 is 5.32 Å². The fourth-order valence-electron chi connectivity index (χ4n) is 4.06. The molecule has 0 aromatic carbocycles. The van der Waals surface area contributed by atoms with Crippen LogP contribution in [0.25, 0.3) is 0 Å². The van der Waals surface area contributed by atoms with E-state index >= 15 is 0 Å². The van der Waals surface area contributed by atoms with Gasteiger partial charge in [0.15, 0.2) is 0 Å². The van der Waals surface area contributed by atoms with E-state index in [2.05, 4.69) is 16.3 Å². The molecule has 0 amide bonds. The average molecular weight is 248 g/mol. The summed E-state index contributed by atoms with van der Waals surface area (Å²) in [6, 6.07) is 0. The van der Waals surface area contributed by atoms with Crippen molar-refractivity contribution in [1.82, 2.24) is 10.2 Å². The Morgan fingerprint density at radius 1 is 1.17 bits per heavy atom. The van der Waals surface area contributed by atoms with E-state index in [1.165, 1.54) is 84.0 Å². The molecule has 1 N–H and O–H groups in total. The van der Waals surface area contributed by atoms with Gasteiger partial charge >= 0.3 is 0 Å². The third kappa shape index (κ3) is 2.97. The van der Waals surface area contributed by atoms with E-state index < -0.39 is 0 Å². The van der Waals surface area contributed by atoms with E-state index in [9.17, 15) is 0 Å². The maximum absolute atomic E-state index is 3.86. The van der Waals surface area contributed by atoms with Crippen molar-refractivity contribution in [2.75, 3.05) is 26.2 Å². The third-order valence-electron chi connectivity index (χ3n) is 5.12. The van der Waals surface area contributed by atoms with Gasteiger partial charge < -0.3 is 10.2 Å². The molecule has 1 spiro atoms. The fourth-order valence-corrected chi connectivity index (χ4v) is 4.06. The van der Waals surface area contributed by atoms with Crippen molar-refractivity contribution in [3.63, 3.8) is 0 Å². The Balaban J connectivity index is 1.53. The van der Waals surface area contributed by atoms with Gasteiger partial charge in [-0.1, -0.05) is 24.5 Å². The molecule has 0 atom stereocenters. The highest BCUT2D eigenvalue weighted by atomic mass is 15.2. The normalized spacial score (nSPS) is 28.6. The van der Waals surface area contributed by atoms with E-state index in [0.717, 1.165) is 0 Å². The van der Waals surface area contributed by atoms with Crippen LogP contribution in [-0.2, 0) is 0 Å². The summed E-state index contributed by atoms with van der Waals surface area (Å²) in [6.07, 6.45) is 15.0. The van der Waals surface area contributed by atoms with E-state index in [1.807, 2.05) is 0 Å². The van der Waals surface area contributed by atoms with E-state index in [4.69, 9.17) is 0 Å². The maximum Gasteiger partial charge on any atom is 0.0308 e. The lowest BCUT2D eigenvalue weighted by Crippen LogP contribution is -2.49. The first-order valence-electron chi connectivity index (χ1n) is 8.02. The van der Waals surface area contributed by atoms with Crippen molar-refractivity contribution in [3.05, 3.63) is 11.6 Å². The van der Waals surface area contributed by atoms with E-state index in [0.29, 0.717) is 5.54 Å². The summed E-state index contributed by atoms with van der Waals surface area (Å²) >= 11 is 0. The van der Waals surface area contributed by atoms with Crippen molar-refractivity contribution < 1.29 is 0 Å². The molecule has 0 aromatic heterocycles. The van der Waals surface area contributed by atoms with Gasteiger partial charge in [-0.25, -0.2) is 0 Å². The molecule has 2 nitrogen and oxygen atoms in total. The second-order valence-electron chi connectivity index (χ2n) is 6.55. The molecule has 0 unspecified atom stereocenters. The Morgan fingerprint density at radius 3 is 2.83 bits per heavy atom. The van der Waals surface area contributed by atoms with Gasteiger partial charge in [-0.2, -0.15) is 0 Å². The molecule has 2 fully saturated rings. The molecule has 1 saturated heterocycles. The topological polar surface area (TPSA) is 15.3 Å². The second kappa shape index (κ2) is 5.75. The summed E-state index contributed by atoms with van der Waals surface area (Å²) in [4.78, 5) is 2.74. The number of nitrogens with zero attached hydrogens (tertiary/aromatic N) is 1. The smallest absolute Gasteiger partial charge is 0.0308 e. The first kappa shape index (κ1) is 12.7. The molecule has 0 aromatic rings. The zero-order valence-corrected chi connectivity index (χ0v) is 11.7. The van der Waals surface area contributed by atoms with Gasteiger partial charge in [0.25, 0.3) is 0 Å². The molecular formula is C16H28N2. The van der Waals surface area contributed by atoms with Crippen LogP contribution in [-0.4, -0.2) is 36.6 Å². The number of rotatable bonds is 3. The Morgan fingerprint density at radius 2 is 2.06 bits per heavy atom. The highest BCUT2D eigenvalue weighted by Crippen LogP contribution is 2.32. The Labute approximate surface area is 112 Å². The molecule has 1 saturated carbocycles. The summed E-state index contributed by atoms with van der Waals surface area (Å²) < 4.78 is 0. The van der Waals surface area contributed by atoms with Gasteiger partial charge in [0.2, 0.25) is 0 Å². The van der Waals surface area contributed by atoms with Crippen LogP contribution in [0, 0.1) is 0 Å². The lowest BCUT2D eigenvalue weighted by molar-refractivity contribution is 0.211. The predicted molar refractivity (Wildman–Crippen MR) is 76.8 cm³/mol. The standard InChI is InChI=1S/C16H28N2/c1-2-7-15(6-1)8-13-18-12-5-11-17-16(14-18)9-3-4-10-16/h6,17H,1-5,7-14H2. The highest BCUT2D eigenvalue weighted by molar-refractivity contribution is 5.08. The number of hydrogen-bond acceptors (Lipinski definition) is 2. The summed E-state index contributed by atoms with van der Waals surface area (Å²) in [6.45, 7) is 5.15. The van der Waals surface area contributed by atoms with Gasteiger partial charge in [-0.05, 0) is 58.0 Å². The SMILES string of the molecule is C1=C(CCN2CCCNC3(CCCC3)C2)CCC1. The molecule has 1 aliphatic heterocycles. The first-order valence-corrected chi connectivity index (χ1v) is 8.02. The van der Waals surface area contributed by atoms with Crippen LogP contribution in [0.4, 0.5) is 0 Å². The van der Waals surface area contributed by atoms with E-state index in [1.54, 1.807) is 5.57 Å².